The molecular formula is C45H48F3N7O6S. The number of nitrogens with zero attached hydrogens (tertiary/aromatic N) is 4. The molecule has 0 radical (unpaired) electrons. The molecule has 5 N–H and O–H groups in total. The quantitative estimate of drug-likeness (QED) is 0.120. The Morgan fingerprint density at radius 2 is 1.69 bits per heavy atom. The number of thiazole rings is 1. The van der Waals surface area contributed by atoms with Crippen molar-refractivity contribution in [2.24, 2.45) is 23.0 Å². The lowest BCUT2D eigenvalue weighted by molar-refractivity contribution is -0.141. The van der Waals surface area contributed by atoms with Crippen LogP contribution in [0.25, 0.3) is 21.3 Å². The number of rotatable bonds is 11. The van der Waals surface area contributed by atoms with Crippen LogP contribution in [0, 0.1) is 17.3 Å². The summed E-state index contributed by atoms with van der Waals surface area (Å²) in [6, 6.07) is 9.65. The topological polar surface area (TPSA) is 188 Å². The van der Waals surface area contributed by atoms with Gasteiger partial charge in [-0.05, 0) is 130 Å². The Morgan fingerprint density at radius 3 is 2.37 bits per heavy atom. The molecule has 5 aliphatic rings. The highest BCUT2D eigenvalue weighted by Crippen LogP contribution is 2.54. The average molecular weight is 872 g/mol. The van der Waals surface area contributed by atoms with Gasteiger partial charge in [-0.2, -0.15) is 13.2 Å². The second kappa shape index (κ2) is 15.5. The van der Waals surface area contributed by atoms with Crippen LogP contribution in [0.15, 0.2) is 42.5 Å². The number of aliphatic hydroxyl groups is 1. The molecule has 2 saturated carbocycles. The molecule has 62 heavy (non-hydrogen) atoms. The second-order valence-corrected chi connectivity index (χ2v) is 19.5. The maximum Gasteiger partial charge on any atom is 0.433 e. The van der Waals surface area contributed by atoms with E-state index in [1.807, 2.05) is 0 Å². The van der Waals surface area contributed by atoms with Gasteiger partial charge in [0.2, 0.25) is 11.8 Å². The zero-order valence-corrected chi connectivity index (χ0v) is 35.3. The van der Waals surface area contributed by atoms with E-state index < -0.39 is 58.7 Å². The number of carbonyl (C=O) groups excluding carboxylic acids is 5. The number of benzene rings is 2. The first-order chi connectivity index (χ1) is 29.4. The first-order valence-electron chi connectivity index (χ1n) is 21.2. The molecule has 13 nitrogen and oxygen atoms in total. The molecule has 3 aliphatic heterocycles. The Kier molecular flexibility index (Phi) is 10.5. The SMILES string of the molecule is CC(C)(O)c1cc2nc(C3CCC(CN4CC5(CC(CCNc6cccc7c6C(=O)N(C6CCC(=O)NC6=O)C7=O)C5)C4)CC3)sc2cc1-c1ccc(C(F)(F)F)nc1C(N)=O. The van der Waals surface area contributed by atoms with E-state index in [-0.39, 0.29) is 35.4 Å². The van der Waals surface area contributed by atoms with Crippen molar-refractivity contribution < 1.29 is 42.3 Å². The van der Waals surface area contributed by atoms with Crippen molar-refractivity contribution in [3.63, 3.8) is 0 Å². The van der Waals surface area contributed by atoms with Crippen LogP contribution >= 0.6 is 11.3 Å². The normalized spacial score (nSPS) is 23.1. The van der Waals surface area contributed by atoms with Gasteiger partial charge in [-0.25, -0.2) is 9.97 Å². The third kappa shape index (κ3) is 7.76. The molecular weight excluding hydrogens is 824 g/mol. The summed E-state index contributed by atoms with van der Waals surface area (Å²) in [6.45, 7) is 7.09. The monoisotopic (exact) mass is 871 g/mol. The Hall–Kier alpha value is -5.26. The number of likely N-dealkylation sites (tertiary alicyclic amines) is 1. The standard InChI is InChI=1S/C45H48F3N7O6S/c1-43(2,61)29-17-31-33(16-28(29)26-10-12-34(45(46,47)48)52-37(26)38(49)57)62-40(51-31)25-8-6-23(7-9-25)20-54-21-44(22-54)18-24(19-44)14-15-50-30-5-3-4-27-36(30)42(60)55(41(27)59)32-11-13-35(56)53-39(32)58/h3-5,10,12,16-17,23-25,32,50,61H,6-9,11,13-15,18-22H2,1-2H3,(H2,49,57)(H,53,56,58). The predicted molar refractivity (Wildman–Crippen MR) is 224 cm³/mol. The fourth-order valence-corrected chi connectivity index (χ4v) is 11.8. The lowest BCUT2D eigenvalue weighted by Crippen LogP contribution is -2.63. The third-order valence-electron chi connectivity index (χ3n) is 13.5. The molecule has 5 heterocycles. The van der Waals surface area contributed by atoms with Crippen LogP contribution in [0.5, 0.6) is 0 Å². The van der Waals surface area contributed by atoms with Gasteiger partial charge in [-0.3, -0.25) is 34.2 Å². The maximum atomic E-state index is 13.5. The molecule has 1 atom stereocenters. The molecule has 4 aromatic rings. The van der Waals surface area contributed by atoms with E-state index >= 15 is 0 Å². The number of amides is 5. The average Bonchev–Trinajstić information content (AvgIpc) is 3.72. The second-order valence-electron chi connectivity index (χ2n) is 18.5. The summed E-state index contributed by atoms with van der Waals surface area (Å²) in [6.07, 6.45) is 2.87. The van der Waals surface area contributed by atoms with Crippen LogP contribution in [0.4, 0.5) is 18.9 Å². The lowest BCUT2D eigenvalue weighted by Gasteiger charge is -2.60. The molecule has 2 aliphatic carbocycles. The van der Waals surface area contributed by atoms with Crippen molar-refractivity contribution in [2.45, 2.75) is 95.4 Å². The minimum atomic E-state index is -4.76. The molecule has 1 spiro atoms. The summed E-state index contributed by atoms with van der Waals surface area (Å²) in [4.78, 5) is 75.2. The van der Waals surface area contributed by atoms with E-state index in [0.717, 1.165) is 72.4 Å². The largest absolute Gasteiger partial charge is 0.433 e. The van der Waals surface area contributed by atoms with Crippen molar-refractivity contribution in [1.29, 1.82) is 0 Å². The molecule has 17 heteroatoms. The fraction of sp³-hybridized carbons (Fsp3) is 0.489. The number of primary amides is 1. The zero-order chi connectivity index (χ0) is 43.9. The lowest BCUT2D eigenvalue weighted by atomic mass is 9.57. The number of alkyl halides is 3. The van der Waals surface area contributed by atoms with E-state index in [0.29, 0.717) is 46.1 Å². The van der Waals surface area contributed by atoms with Crippen LogP contribution in [-0.4, -0.2) is 86.6 Å². The first kappa shape index (κ1) is 42.1. The molecule has 2 aromatic carbocycles. The number of imide groups is 2. The predicted octanol–water partition coefficient (Wildman–Crippen LogP) is 6.59. The Labute approximate surface area is 359 Å². The molecule has 2 aromatic heterocycles. The first-order valence-corrected chi connectivity index (χ1v) is 22.1. The van der Waals surface area contributed by atoms with E-state index in [2.05, 4.69) is 20.5 Å². The van der Waals surface area contributed by atoms with Crippen LogP contribution in [0.2, 0.25) is 0 Å². The van der Waals surface area contributed by atoms with E-state index in [4.69, 9.17) is 10.7 Å². The van der Waals surface area contributed by atoms with Crippen LogP contribution < -0.4 is 16.4 Å². The van der Waals surface area contributed by atoms with Crippen molar-refractivity contribution in [3.8, 4) is 11.1 Å². The zero-order valence-electron chi connectivity index (χ0n) is 34.4. The summed E-state index contributed by atoms with van der Waals surface area (Å²) in [5.41, 5.74) is 5.48. The number of halogens is 3. The van der Waals surface area contributed by atoms with Crippen molar-refractivity contribution in [3.05, 3.63) is 75.6 Å². The summed E-state index contributed by atoms with van der Waals surface area (Å²) in [5, 5.41) is 17.7. The summed E-state index contributed by atoms with van der Waals surface area (Å²) < 4.78 is 41.2. The number of aromatic nitrogens is 2. The number of anilines is 1. The van der Waals surface area contributed by atoms with Gasteiger partial charge in [-0.15, -0.1) is 11.3 Å². The smallest absolute Gasteiger partial charge is 0.386 e. The van der Waals surface area contributed by atoms with Crippen LogP contribution in [0.1, 0.15) is 125 Å². The summed E-state index contributed by atoms with van der Waals surface area (Å²) >= 11 is 1.53. The molecule has 2 saturated heterocycles. The summed E-state index contributed by atoms with van der Waals surface area (Å²) in [5.74, 6) is -1.70. The van der Waals surface area contributed by atoms with Crippen LogP contribution in [0.3, 0.4) is 0 Å². The van der Waals surface area contributed by atoms with Gasteiger partial charge in [-0.1, -0.05) is 6.07 Å². The van der Waals surface area contributed by atoms with E-state index in [1.54, 1.807) is 44.2 Å². The van der Waals surface area contributed by atoms with E-state index in [1.165, 1.54) is 30.2 Å². The van der Waals surface area contributed by atoms with Gasteiger partial charge < -0.3 is 21.1 Å². The molecule has 326 valence electrons. The third-order valence-corrected chi connectivity index (χ3v) is 14.7. The number of hydrogen-bond acceptors (Lipinski definition) is 11. The number of pyridine rings is 1. The van der Waals surface area contributed by atoms with Gasteiger partial charge in [0.25, 0.3) is 17.7 Å². The van der Waals surface area contributed by atoms with Gasteiger partial charge in [0, 0.05) is 49.8 Å². The highest BCUT2D eigenvalue weighted by Gasteiger charge is 2.52. The molecule has 0 bridgehead atoms. The van der Waals surface area contributed by atoms with Crippen LogP contribution in [-0.2, 0) is 21.4 Å². The van der Waals surface area contributed by atoms with Gasteiger partial charge in [0.05, 0.1) is 32.0 Å². The minimum absolute atomic E-state index is 0.0737. The number of piperidine rings is 1. The highest BCUT2D eigenvalue weighted by atomic mass is 32.1. The minimum Gasteiger partial charge on any atom is -0.386 e. The fourth-order valence-electron chi connectivity index (χ4n) is 10.6. The molecule has 1 unspecified atom stereocenters. The maximum absolute atomic E-state index is 13.5. The van der Waals surface area contributed by atoms with Gasteiger partial charge in [0.15, 0.2) is 0 Å². The summed E-state index contributed by atoms with van der Waals surface area (Å²) in [7, 11) is 0. The van der Waals surface area contributed by atoms with E-state index in [9.17, 15) is 42.3 Å². The number of carbonyl (C=O) groups is 5. The number of nitrogens with one attached hydrogen (secondary N) is 2. The van der Waals surface area contributed by atoms with Crippen molar-refractivity contribution in [2.75, 3.05) is 31.5 Å². The number of nitrogens with two attached hydrogens (primary N) is 1. The van der Waals surface area contributed by atoms with Crippen molar-refractivity contribution >= 4 is 56.8 Å². The molecule has 9 rings (SSSR count). The Bertz CT molecular complexity index is 2510. The molecule has 5 amide bonds. The Morgan fingerprint density at radius 1 is 0.952 bits per heavy atom. The van der Waals surface area contributed by atoms with Gasteiger partial charge >= 0.3 is 6.18 Å². The van der Waals surface area contributed by atoms with Crippen molar-refractivity contribution in [1.82, 2.24) is 25.1 Å². The highest BCUT2D eigenvalue weighted by molar-refractivity contribution is 7.18. The molecule has 4 fully saturated rings. The number of hydrogen-bond donors (Lipinski definition) is 4. The Balaban J connectivity index is 0.757. The van der Waals surface area contributed by atoms with Gasteiger partial charge in [0.1, 0.15) is 17.4 Å². The number of fused-ring (bicyclic) bond motifs is 2.